The van der Waals surface area contributed by atoms with Gasteiger partial charge in [-0.2, -0.15) is 0 Å². The van der Waals surface area contributed by atoms with Crippen molar-refractivity contribution in [2.24, 2.45) is 10.7 Å². The van der Waals surface area contributed by atoms with Gasteiger partial charge in [0.25, 0.3) is 0 Å². The third-order valence-corrected chi connectivity index (χ3v) is 4.04. The Balaban J connectivity index is 2.99. The van der Waals surface area contributed by atoms with Gasteiger partial charge in [0.1, 0.15) is 0 Å². The zero-order chi connectivity index (χ0) is 18.1. The molecule has 1 rings (SSSR count). The maximum absolute atomic E-state index is 5.70. The predicted octanol–water partition coefficient (Wildman–Crippen LogP) is 5.34. The van der Waals surface area contributed by atoms with E-state index in [2.05, 4.69) is 46.1 Å². The summed E-state index contributed by atoms with van der Waals surface area (Å²) >= 11 is 0. The Bertz CT molecular complexity index is 671. The Kier molecular flexibility index (Phi) is 7.97. The quantitative estimate of drug-likeness (QED) is 0.391. The van der Waals surface area contributed by atoms with Crippen molar-refractivity contribution in [3.8, 4) is 0 Å². The van der Waals surface area contributed by atoms with Gasteiger partial charge in [-0.3, -0.25) is 4.99 Å². The average Bonchev–Trinajstić information content (AvgIpc) is 2.53. The van der Waals surface area contributed by atoms with E-state index in [1.807, 2.05) is 37.4 Å². The van der Waals surface area contributed by atoms with Crippen LogP contribution in [0.1, 0.15) is 42.0 Å². The molecule has 1 unspecified atom stereocenters. The summed E-state index contributed by atoms with van der Waals surface area (Å²) in [7, 11) is 0. The molecule has 0 fully saturated rings. The number of nitrogens with zero attached hydrogens (tertiary/aromatic N) is 1. The molecule has 2 N–H and O–H groups in total. The van der Waals surface area contributed by atoms with Crippen molar-refractivity contribution >= 4 is 6.21 Å². The predicted molar refractivity (Wildman–Crippen MR) is 108 cm³/mol. The van der Waals surface area contributed by atoms with Crippen LogP contribution in [0.15, 0.2) is 65.9 Å². The van der Waals surface area contributed by atoms with E-state index in [-0.39, 0.29) is 6.04 Å². The first kappa shape index (κ1) is 19.7. The second-order valence-electron chi connectivity index (χ2n) is 6.31. The monoisotopic (exact) mass is 322 g/mol. The van der Waals surface area contributed by atoms with Crippen LogP contribution in [0.5, 0.6) is 0 Å². The normalized spacial score (nSPS) is 14.0. The molecule has 0 aliphatic rings. The van der Waals surface area contributed by atoms with Gasteiger partial charge in [-0.15, -0.1) is 6.58 Å². The van der Waals surface area contributed by atoms with Gasteiger partial charge in [0.05, 0.1) is 6.04 Å². The molecule has 0 aromatic heterocycles. The van der Waals surface area contributed by atoms with Crippen LogP contribution in [0, 0.1) is 20.8 Å². The van der Waals surface area contributed by atoms with Gasteiger partial charge in [0.15, 0.2) is 0 Å². The highest BCUT2D eigenvalue weighted by Crippen LogP contribution is 2.17. The van der Waals surface area contributed by atoms with Crippen molar-refractivity contribution in [1.82, 2.24) is 0 Å². The first-order valence-corrected chi connectivity index (χ1v) is 8.34. The van der Waals surface area contributed by atoms with Crippen LogP contribution in [0.2, 0.25) is 0 Å². The smallest absolute Gasteiger partial charge is 0.0574 e. The molecule has 0 saturated heterocycles. The van der Waals surface area contributed by atoms with E-state index in [4.69, 9.17) is 10.7 Å². The molecule has 24 heavy (non-hydrogen) atoms. The molecule has 128 valence electrons. The minimum atomic E-state index is 0.152. The second kappa shape index (κ2) is 9.71. The lowest BCUT2D eigenvalue weighted by Gasteiger charge is -2.12. The molecule has 1 atom stereocenters. The van der Waals surface area contributed by atoms with Crippen molar-refractivity contribution in [2.75, 3.05) is 0 Å². The SMILES string of the molecule is C=CCC(C/C(C=C)=C/C=C(/C)N)/N=C/c1cc(C)c(C)cc1C. The molecular formula is C22H30N2. The van der Waals surface area contributed by atoms with Crippen LogP contribution in [-0.2, 0) is 0 Å². The number of rotatable bonds is 8. The molecule has 2 nitrogen and oxygen atoms in total. The van der Waals surface area contributed by atoms with Crippen LogP contribution in [0.3, 0.4) is 0 Å². The van der Waals surface area contributed by atoms with Gasteiger partial charge < -0.3 is 5.73 Å². The molecule has 0 amide bonds. The minimum Gasteiger partial charge on any atom is -0.402 e. The van der Waals surface area contributed by atoms with E-state index >= 15 is 0 Å². The lowest BCUT2D eigenvalue weighted by molar-refractivity contribution is 0.688. The Morgan fingerprint density at radius 3 is 2.38 bits per heavy atom. The van der Waals surface area contributed by atoms with E-state index in [1.165, 1.54) is 22.3 Å². The van der Waals surface area contributed by atoms with Crippen molar-refractivity contribution in [1.29, 1.82) is 0 Å². The van der Waals surface area contributed by atoms with Crippen molar-refractivity contribution < 1.29 is 0 Å². The number of allylic oxidation sites excluding steroid dienone is 4. The third kappa shape index (κ3) is 6.41. The fourth-order valence-corrected chi connectivity index (χ4v) is 2.43. The van der Waals surface area contributed by atoms with Crippen LogP contribution < -0.4 is 5.73 Å². The summed E-state index contributed by atoms with van der Waals surface area (Å²) in [6, 6.07) is 4.56. The zero-order valence-corrected chi connectivity index (χ0v) is 15.5. The standard InChI is InChI=1S/C22H30N2/c1-7-9-22(14-20(8-2)11-10-19(6)23)24-15-21-13-17(4)16(3)12-18(21)5/h7-8,10-13,15,22H,1-2,9,14,23H2,3-6H3/b19-10-,20-11+,24-15+. The Morgan fingerprint density at radius 1 is 1.12 bits per heavy atom. The van der Waals surface area contributed by atoms with Crippen LogP contribution in [-0.4, -0.2) is 12.3 Å². The van der Waals surface area contributed by atoms with E-state index in [0.29, 0.717) is 0 Å². The number of hydrogen-bond acceptors (Lipinski definition) is 2. The summed E-state index contributed by atoms with van der Waals surface area (Å²) in [6.45, 7) is 16.0. The first-order chi connectivity index (χ1) is 11.4. The van der Waals surface area contributed by atoms with E-state index < -0.39 is 0 Å². The summed E-state index contributed by atoms with van der Waals surface area (Å²) in [6.07, 6.45) is 11.3. The molecule has 0 spiro atoms. The lowest BCUT2D eigenvalue weighted by atomic mass is 10.0. The van der Waals surface area contributed by atoms with Crippen LogP contribution in [0.25, 0.3) is 0 Å². The summed E-state index contributed by atoms with van der Waals surface area (Å²) in [5.74, 6) is 0. The largest absolute Gasteiger partial charge is 0.402 e. The summed E-state index contributed by atoms with van der Waals surface area (Å²) < 4.78 is 0. The molecule has 0 aliphatic carbocycles. The summed E-state index contributed by atoms with van der Waals surface area (Å²) in [4.78, 5) is 4.79. The fraction of sp³-hybridized carbons (Fsp3) is 0.318. The molecule has 0 bridgehead atoms. The summed E-state index contributed by atoms with van der Waals surface area (Å²) in [5, 5.41) is 0. The molecule has 0 heterocycles. The van der Waals surface area contributed by atoms with Crippen molar-refractivity contribution in [3.63, 3.8) is 0 Å². The molecule has 0 aliphatic heterocycles. The summed E-state index contributed by atoms with van der Waals surface area (Å²) in [5.41, 5.74) is 12.6. The van der Waals surface area contributed by atoms with E-state index in [9.17, 15) is 0 Å². The van der Waals surface area contributed by atoms with Gasteiger partial charge in [-0.1, -0.05) is 30.9 Å². The van der Waals surface area contributed by atoms with Gasteiger partial charge in [-0.05, 0) is 80.5 Å². The number of benzene rings is 1. The van der Waals surface area contributed by atoms with E-state index in [0.717, 1.165) is 24.1 Å². The van der Waals surface area contributed by atoms with Gasteiger partial charge in [0, 0.05) is 11.9 Å². The molecule has 0 radical (unpaired) electrons. The topological polar surface area (TPSA) is 38.4 Å². The highest BCUT2D eigenvalue weighted by Gasteiger charge is 2.07. The Morgan fingerprint density at radius 2 is 1.79 bits per heavy atom. The minimum absolute atomic E-state index is 0.152. The zero-order valence-electron chi connectivity index (χ0n) is 15.5. The third-order valence-electron chi connectivity index (χ3n) is 4.04. The molecule has 2 heteroatoms. The van der Waals surface area contributed by atoms with Gasteiger partial charge in [0.2, 0.25) is 0 Å². The first-order valence-electron chi connectivity index (χ1n) is 8.34. The Hall–Kier alpha value is -2.35. The molecule has 1 aromatic rings. The van der Waals surface area contributed by atoms with Crippen LogP contribution >= 0.6 is 0 Å². The van der Waals surface area contributed by atoms with Crippen LogP contribution in [0.4, 0.5) is 0 Å². The fourth-order valence-electron chi connectivity index (χ4n) is 2.43. The van der Waals surface area contributed by atoms with Gasteiger partial charge in [-0.25, -0.2) is 0 Å². The maximum atomic E-state index is 5.70. The number of hydrogen-bond donors (Lipinski definition) is 1. The average molecular weight is 322 g/mol. The lowest BCUT2D eigenvalue weighted by Crippen LogP contribution is -2.05. The number of aryl methyl sites for hydroxylation is 3. The maximum Gasteiger partial charge on any atom is 0.0574 e. The molecule has 1 aromatic carbocycles. The number of nitrogens with two attached hydrogens (primary N) is 1. The molecular weight excluding hydrogens is 292 g/mol. The highest BCUT2D eigenvalue weighted by atomic mass is 14.8. The van der Waals surface area contributed by atoms with Crippen molar-refractivity contribution in [2.45, 2.75) is 46.6 Å². The Labute approximate surface area is 147 Å². The van der Waals surface area contributed by atoms with E-state index in [1.54, 1.807) is 0 Å². The second-order valence-corrected chi connectivity index (χ2v) is 6.31. The highest BCUT2D eigenvalue weighted by molar-refractivity contribution is 5.82. The van der Waals surface area contributed by atoms with Gasteiger partial charge >= 0.3 is 0 Å². The number of aliphatic imine (C=N–C) groups is 1. The molecule has 0 saturated carbocycles. The van der Waals surface area contributed by atoms with Crippen molar-refractivity contribution in [3.05, 3.63) is 83.1 Å².